The topological polar surface area (TPSA) is 88.5 Å². The second-order valence-electron chi connectivity index (χ2n) is 6.31. The Morgan fingerprint density at radius 3 is 2.54 bits per heavy atom. The van der Waals surface area contributed by atoms with Crippen LogP contribution in [0.4, 0.5) is 0 Å². The van der Waals surface area contributed by atoms with Crippen LogP contribution in [-0.2, 0) is 11.2 Å². The quantitative estimate of drug-likeness (QED) is 0.721. The summed E-state index contributed by atoms with van der Waals surface area (Å²) < 4.78 is 5.65. The van der Waals surface area contributed by atoms with Crippen LogP contribution in [0.5, 0.6) is 5.75 Å². The van der Waals surface area contributed by atoms with Crippen molar-refractivity contribution in [3.05, 3.63) is 59.9 Å². The van der Waals surface area contributed by atoms with Crippen LogP contribution in [0.3, 0.4) is 0 Å². The van der Waals surface area contributed by atoms with Gasteiger partial charge < -0.3 is 15.2 Å². The summed E-state index contributed by atoms with van der Waals surface area (Å²) in [5.74, 6) is -0.844. The SMILES string of the molecule is CC(C)Oc1cccnc1C(=O)NC(CCC(=O)O)Cc1ccccc1. The minimum atomic E-state index is -0.890. The molecule has 1 amide bonds. The van der Waals surface area contributed by atoms with Crippen molar-refractivity contribution in [2.24, 2.45) is 0 Å². The minimum Gasteiger partial charge on any atom is -0.489 e. The van der Waals surface area contributed by atoms with Crippen LogP contribution in [0.2, 0.25) is 0 Å². The summed E-state index contributed by atoms with van der Waals surface area (Å²) in [4.78, 5) is 27.8. The number of hydrogen-bond donors (Lipinski definition) is 2. The molecule has 0 aliphatic heterocycles. The van der Waals surface area contributed by atoms with E-state index in [1.807, 2.05) is 44.2 Å². The van der Waals surface area contributed by atoms with Crippen LogP contribution in [0.15, 0.2) is 48.7 Å². The summed E-state index contributed by atoms with van der Waals surface area (Å²) in [5, 5.41) is 11.9. The van der Waals surface area contributed by atoms with Gasteiger partial charge in [-0.05, 0) is 44.4 Å². The molecule has 0 bridgehead atoms. The molecule has 2 N–H and O–H groups in total. The first-order valence-corrected chi connectivity index (χ1v) is 8.64. The van der Waals surface area contributed by atoms with Crippen LogP contribution in [0, 0.1) is 0 Å². The molecule has 0 radical (unpaired) electrons. The normalized spacial score (nSPS) is 11.8. The first-order valence-electron chi connectivity index (χ1n) is 8.64. The smallest absolute Gasteiger partial charge is 0.303 e. The van der Waals surface area contributed by atoms with Crippen molar-refractivity contribution in [3.63, 3.8) is 0 Å². The molecular formula is C20H24N2O4. The number of aliphatic carboxylic acids is 1. The van der Waals surface area contributed by atoms with Crippen molar-refractivity contribution in [1.29, 1.82) is 0 Å². The van der Waals surface area contributed by atoms with Crippen molar-refractivity contribution in [3.8, 4) is 5.75 Å². The van der Waals surface area contributed by atoms with Gasteiger partial charge in [0, 0.05) is 18.7 Å². The van der Waals surface area contributed by atoms with Gasteiger partial charge in [-0.1, -0.05) is 30.3 Å². The Morgan fingerprint density at radius 1 is 1.15 bits per heavy atom. The highest BCUT2D eigenvalue weighted by Crippen LogP contribution is 2.18. The predicted octanol–water partition coefficient (Wildman–Crippen LogP) is 3.07. The molecule has 26 heavy (non-hydrogen) atoms. The van der Waals surface area contributed by atoms with Gasteiger partial charge >= 0.3 is 5.97 Å². The Labute approximate surface area is 153 Å². The van der Waals surface area contributed by atoms with Gasteiger partial charge in [-0.25, -0.2) is 4.98 Å². The fourth-order valence-corrected chi connectivity index (χ4v) is 2.59. The third-order valence-electron chi connectivity index (χ3n) is 3.72. The van der Waals surface area contributed by atoms with Crippen LogP contribution in [0.25, 0.3) is 0 Å². The lowest BCUT2D eigenvalue weighted by atomic mass is 10.0. The summed E-state index contributed by atoms with van der Waals surface area (Å²) in [6, 6.07) is 12.7. The predicted molar refractivity (Wildman–Crippen MR) is 98.3 cm³/mol. The zero-order valence-corrected chi connectivity index (χ0v) is 15.0. The fraction of sp³-hybridized carbons (Fsp3) is 0.350. The lowest BCUT2D eigenvalue weighted by Crippen LogP contribution is -2.37. The summed E-state index contributed by atoms with van der Waals surface area (Å²) in [5.41, 5.74) is 1.23. The van der Waals surface area contributed by atoms with Crippen molar-refractivity contribution < 1.29 is 19.4 Å². The Balaban J connectivity index is 2.13. The van der Waals surface area contributed by atoms with Gasteiger partial charge in [0.15, 0.2) is 11.4 Å². The molecule has 6 heteroatoms. The van der Waals surface area contributed by atoms with Crippen molar-refractivity contribution in [1.82, 2.24) is 10.3 Å². The van der Waals surface area contributed by atoms with E-state index in [2.05, 4.69) is 10.3 Å². The molecule has 0 aliphatic carbocycles. The number of benzene rings is 1. The van der Waals surface area contributed by atoms with Crippen molar-refractivity contribution >= 4 is 11.9 Å². The molecule has 0 saturated heterocycles. The molecule has 2 aromatic rings. The number of nitrogens with zero attached hydrogens (tertiary/aromatic N) is 1. The zero-order chi connectivity index (χ0) is 18.9. The molecule has 2 rings (SSSR count). The third-order valence-corrected chi connectivity index (χ3v) is 3.72. The number of carbonyl (C=O) groups is 2. The number of ether oxygens (including phenoxy) is 1. The van der Waals surface area contributed by atoms with Crippen LogP contribution in [0.1, 0.15) is 42.7 Å². The van der Waals surface area contributed by atoms with E-state index < -0.39 is 5.97 Å². The van der Waals surface area contributed by atoms with Gasteiger partial charge in [0.2, 0.25) is 0 Å². The summed E-state index contributed by atoms with van der Waals surface area (Å²) in [6.45, 7) is 3.75. The number of carbonyl (C=O) groups excluding carboxylic acids is 1. The molecule has 1 atom stereocenters. The van der Waals surface area contributed by atoms with Crippen LogP contribution in [-0.4, -0.2) is 34.1 Å². The molecule has 1 unspecified atom stereocenters. The first kappa shape index (κ1) is 19.4. The first-order chi connectivity index (χ1) is 12.5. The molecule has 0 fully saturated rings. The van der Waals surface area contributed by atoms with Crippen molar-refractivity contribution in [2.45, 2.75) is 45.3 Å². The molecule has 1 heterocycles. The molecular weight excluding hydrogens is 332 g/mol. The van der Waals surface area contributed by atoms with E-state index in [1.165, 1.54) is 6.20 Å². The maximum absolute atomic E-state index is 12.7. The maximum atomic E-state index is 12.7. The highest BCUT2D eigenvalue weighted by atomic mass is 16.5. The number of pyridine rings is 1. The van der Waals surface area contributed by atoms with Crippen LogP contribution >= 0.6 is 0 Å². The van der Waals surface area contributed by atoms with Gasteiger partial charge in [-0.2, -0.15) is 0 Å². The minimum absolute atomic E-state index is 0.0185. The molecule has 0 spiro atoms. The van der Waals surface area contributed by atoms with E-state index in [1.54, 1.807) is 12.1 Å². The van der Waals surface area contributed by atoms with Crippen LogP contribution < -0.4 is 10.1 Å². The molecule has 138 valence electrons. The van der Waals surface area contributed by atoms with Crippen molar-refractivity contribution in [2.75, 3.05) is 0 Å². The summed E-state index contributed by atoms with van der Waals surface area (Å²) >= 11 is 0. The third kappa shape index (κ3) is 6.20. The lowest BCUT2D eigenvalue weighted by molar-refractivity contribution is -0.137. The molecule has 1 aromatic carbocycles. The summed E-state index contributed by atoms with van der Waals surface area (Å²) in [7, 11) is 0. The fourth-order valence-electron chi connectivity index (χ4n) is 2.59. The highest BCUT2D eigenvalue weighted by molar-refractivity contribution is 5.95. The van der Waals surface area contributed by atoms with E-state index >= 15 is 0 Å². The van der Waals surface area contributed by atoms with Gasteiger partial charge in [-0.15, -0.1) is 0 Å². The molecule has 0 aliphatic rings. The average Bonchev–Trinajstić information content (AvgIpc) is 2.60. The Bertz CT molecular complexity index is 732. The summed E-state index contributed by atoms with van der Waals surface area (Å²) in [6.07, 6.45) is 2.31. The molecule has 1 aromatic heterocycles. The Morgan fingerprint density at radius 2 is 1.88 bits per heavy atom. The van der Waals surface area contributed by atoms with E-state index in [0.29, 0.717) is 18.6 Å². The monoisotopic (exact) mass is 356 g/mol. The Kier molecular flexibility index (Phi) is 7.14. The van der Waals surface area contributed by atoms with E-state index in [9.17, 15) is 9.59 Å². The molecule has 0 saturated carbocycles. The maximum Gasteiger partial charge on any atom is 0.303 e. The zero-order valence-electron chi connectivity index (χ0n) is 15.0. The second-order valence-corrected chi connectivity index (χ2v) is 6.31. The lowest BCUT2D eigenvalue weighted by Gasteiger charge is -2.19. The number of carboxylic acid groups (broad SMARTS) is 1. The van der Waals surface area contributed by atoms with E-state index in [-0.39, 0.29) is 30.2 Å². The standard InChI is InChI=1S/C20H24N2O4/c1-14(2)26-17-9-6-12-21-19(17)20(25)22-16(10-11-18(23)24)13-15-7-4-3-5-8-15/h3-9,12,14,16H,10-11,13H2,1-2H3,(H,22,25)(H,23,24). The van der Waals surface area contributed by atoms with Gasteiger partial charge in [0.25, 0.3) is 5.91 Å². The van der Waals surface area contributed by atoms with E-state index in [0.717, 1.165) is 5.56 Å². The van der Waals surface area contributed by atoms with Gasteiger partial charge in [-0.3, -0.25) is 9.59 Å². The Hall–Kier alpha value is -2.89. The number of amides is 1. The van der Waals surface area contributed by atoms with E-state index in [4.69, 9.17) is 9.84 Å². The number of nitrogens with one attached hydrogen (secondary N) is 1. The largest absolute Gasteiger partial charge is 0.489 e. The number of carboxylic acids is 1. The molecule has 6 nitrogen and oxygen atoms in total. The second kappa shape index (κ2) is 9.56. The van der Waals surface area contributed by atoms with Gasteiger partial charge in [0.1, 0.15) is 0 Å². The highest BCUT2D eigenvalue weighted by Gasteiger charge is 2.20. The van der Waals surface area contributed by atoms with Gasteiger partial charge in [0.05, 0.1) is 6.10 Å². The number of rotatable bonds is 9. The number of hydrogen-bond acceptors (Lipinski definition) is 4. The average molecular weight is 356 g/mol. The number of aromatic nitrogens is 1.